The van der Waals surface area contributed by atoms with Gasteiger partial charge in [0.05, 0.1) is 15.5 Å². The van der Waals surface area contributed by atoms with Crippen LogP contribution in [0.15, 0.2) is 58.3 Å². The van der Waals surface area contributed by atoms with Crippen molar-refractivity contribution in [3.63, 3.8) is 0 Å². The molecule has 1 fully saturated rings. The number of rotatable bonds is 8. The van der Waals surface area contributed by atoms with Crippen LogP contribution in [0.3, 0.4) is 0 Å². The third-order valence-corrected chi connectivity index (χ3v) is 8.76. The molecule has 30 heavy (non-hydrogen) atoms. The molecule has 0 spiro atoms. The van der Waals surface area contributed by atoms with Crippen molar-refractivity contribution in [3.05, 3.63) is 48.5 Å². The first kappa shape index (κ1) is 22.6. The van der Waals surface area contributed by atoms with E-state index in [1.54, 1.807) is 19.9 Å². The van der Waals surface area contributed by atoms with E-state index in [9.17, 15) is 16.8 Å². The van der Waals surface area contributed by atoms with Gasteiger partial charge in [0, 0.05) is 31.9 Å². The number of sulfonamides is 2. The van der Waals surface area contributed by atoms with Gasteiger partial charge in [-0.2, -0.15) is 4.31 Å². The summed E-state index contributed by atoms with van der Waals surface area (Å²) in [6, 6.07) is 12.7. The van der Waals surface area contributed by atoms with Crippen molar-refractivity contribution in [2.45, 2.75) is 42.9 Å². The molecule has 0 atom stereocenters. The Morgan fingerprint density at radius 1 is 0.867 bits per heavy atom. The predicted molar refractivity (Wildman–Crippen MR) is 120 cm³/mol. The van der Waals surface area contributed by atoms with E-state index in [1.165, 1.54) is 35.0 Å². The van der Waals surface area contributed by atoms with Crippen molar-refractivity contribution in [2.75, 3.05) is 35.8 Å². The molecule has 0 unspecified atom stereocenters. The molecule has 7 nitrogen and oxygen atoms in total. The van der Waals surface area contributed by atoms with E-state index in [2.05, 4.69) is 9.62 Å². The van der Waals surface area contributed by atoms with Crippen LogP contribution in [0.2, 0.25) is 0 Å². The average molecular weight is 452 g/mol. The molecule has 2 aromatic rings. The molecule has 1 heterocycles. The van der Waals surface area contributed by atoms with Gasteiger partial charge >= 0.3 is 0 Å². The monoisotopic (exact) mass is 451 g/mol. The van der Waals surface area contributed by atoms with Crippen LogP contribution in [0, 0.1) is 0 Å². The Morgan fingerprint density at radius 2 is 1.47 bits per heavy atom. The maximum atomic E-state index is 12.8. The lowest BCUT2D eigenvalue weighted by Crippen LogP contribution is -2.30. The fraction of sp³-hybridized carbons (Fsp3) is 0.429. The van der Waals surface area contributed by atoms with Crippen LogP contribution in [0.5, 0.6) is 0 Å². The van der Waals surface area contributed by atoms with Crippen LogP contribution in [0.25, 0.3) is 0 Å². The zero-order valence-corrected chi connectivity index (χ0v) is 19.0. The average Bonchev–Trinajstić information content (AvgIpc) is 2.75. The normalized spacial score (nSPS) is 15.4. The van der Waals surface area contributed by atoms with Gasteiger partial charge in [0.1, 0.15) is 0 Å². The Bertz CT molecular complexity index is 1060. The first-order valence-corrected chi connectivity index (χ1v) is 13.2. The van der Waals surface area contributed by atoms with Gasteiger partial charge < -0.3 is 4.90 Å². The number of anilines is 2. The zero-order valence-electron chi connectivity index (χ0n) is 17.4. The second-order valence-electron chi connectivity index (χ2n) is 7.26. The van der Waals surface area contributed by atoms with Crippen LogP contribution in [0.1, 0.15) is 33.1 Å². The molecule has 2 aromatic carbocycles. The molecule has 0 aliphatic carbocycles. The summed E-state index contributed by atoms with van der Waals surface area (Å²) in [6.45, 7) is 6.18. The van der Waals surface area contributed by atoms with Crippen molar-refractivity contribution in [1.29, 1.82) is 0 Å². The minimum absolute atomic E-state index is 0.0179. The highest BCUT2D eigenvalue weighted by atomic mass is 32.2. The topological polar surface area (TPSA) is 86.8 Å². The molecule has 0 amide bonds. The number of hydrogen-bond donors (Lipinski definition) is 1. The first-order valence-electron chi connectivity index (χ1n) is 10.3. The standard InChI is InChI=1S/C21H29N3O4S2/c1-3-24(4-2)30(27,28)21-13-11-20(12-14-21)29(25,26)22-18-9-8-10-19(17-18)23-15-6-5-7-16-23/h8-14,17,22H,3-7,15-16H2,1-2H3. The number of nitrogens with one attached hydrogen (secondary N) is 1. The molecule has 164 valence electrons. The van der Waals surface area contributed by atoms with Crippen LogP contribution < -0.4 is 9.62 Å². The zero-order chi connectivity index (χ0) is 21.8. The molecular weight excluding hydrogens is 422 g/mol. The smallest absolute Gasteiger partial charge is 0.261 e. The molecule has 3 rings (SSSR count). The van der Waals surface area contributed by atoms with Gasteiger partial charge in [0.25, 0.3) is 10.0 Å². The summed E-state index contributed by atoms with van der Waals surface area (Å²) < 4.78 is 54.7. The molecule has 1 aliphatic heterocycles. The maximum Gasteiger partial charge on any atom is 0.261 e. The highest BCUT2D eigenvalue weighted by Gasteiger charge is 2.23. The molecule has 1 saturated heterocycles. The summed E-state index contributed by atoms with van der Waals surface area (Å²) in [5.41, 5.74) is 1.48. The lowest BCUT2D eigenvalue weighted by Gasteiger charge is -2.29. The maximum absolute atomic E-state index is 12.8. The number of hydrogen-bond acceptors (Lipinski definition) is 5. The van der Waals surface area contributed by atoms with Gasteiger partial charge in [-0.15, -0.1) is 0 Å². The molecular formula is C21H29N3O4S2. The van der Waals surface area contributed by atoms with E-state index >= 15 is 0 Å². The molecule has 0 bridgehead atoms. The van der Waals surface area contributed by atoms with E-state index in [0.29, 0.717) is 18.8 Å². The van der Waals surface area contributed by atoms with Crippen molar-refractivity contribution < 1.29 is 16.8 Å². The second-order valence-corrected chi connectivity index (χ2v) is 10.9. The van der Waals surface area contributed by atoms with Gasteiger partial charge in [-0.3, -0.25) is 4.72 Å². The summed E-state index contributed by atoms with van der Waals surface area (Å²) in [7, 11) is -7.46. The van der Waals surface area contributed by atoms with Gasteiger partial charge in [-0.25, -0.2) is 16.8 Å². The Morgan fingerprint density at radius 3 is 2.07 bits per heavy atom. The minimum atomic E-state index is -3.83. The van der Waals surface area contributed by atoms with Gasteiger partial charge in [-0.05, 0) is 61.7 Å². The third-order valence-electron chi connectivity index (χ3n) is 5.30. The minimum Gasteiger partial charge on any atom is -0.371 e. The van der Waals surface area contributed by atoms with Crippen LogP contribution >= 0.6 is 0 Å². The number of benzene rings is 2. The lowest BCUT2D eigenvalue weighted by atomic mass is 10.1. The molecule has 0 radical (unpaired) electrons. The third kappa shape index (κ3) is 4.96. The van der Waals surface area contributed by atoms with Gasteiger partial charge in [0.15, 0.2) is 0 Å². The SMILES string of the molecule is CCN(CC)S(=O)(=O)c1ccc(S(=O)(=O)Nc2cccc(N3CCCCC3)c2)cc1. The Labute approximate surface area is 179 Å². The predicted octanol–water partition coefficient (Wildman–Crippen LogP) is 3.51. The van der Waals surface area contributed by atoms with Crippen LogP contribution in [0.4, 0.5) is 11.4 Å². The molecule has 0 aromatic heterocycles. The second kappa shape index (κ2) is 9.36. The van der Waals surface area contributed by atoms with E-state index in [1.807, 2.05) is 18.2 Å². The lowest BCUT2D eigenvalue weighted by molar-refractivity contribution is 0.445. The van der Waals surface area contributed by atoms with E-state index in [0.717, 1.165) is 31.6 Å². The highest BCUT2D eigenvalue weighted by molar-refractivity contribution is 7.92. The molecule has 9 heteroatoms. The van der Waals surface area contributed by atoms with Gasteiger partial charge in [0.2, 0.25) is 10.0 Å². The molecule has 1 N–H and O–H groups in total. The van der Waals surface area contributed by atoms with E-state index in [4.69, 9.17) is 0 Å². The van der Waals surface area contributed by atoms with E-state index in [-0.39, 0.29) is 9.79 Å². The van der Waals surface area contributed by atoms with Crippen molar-refractivity contribution in [2.24, 2.45) is 0 Å². The number of piperidine rings is 1. The highest BCUT2D eigenvalue weighted by Crippen LogP contribution is 2.25. The molecule has 1 aliphatic rings. The van der Waals surface area contributed by atoms with Crippen molar-refractivity contribution >= 4 is 31.4 Å². The summed E-state index contributed by atoms with van der Waals surface area (Å²) in [5.74, 6) is 0. The summed E-state index contributed by atoms with van der Waals surface area (Å²) in [6.07, 6.45) is 3.50. The Hall–Kier alpha value is -2.10. The summed E-state index contributed by atoms with van der Waals surface area (Å²) in [5, 5.41) is 0. The Kier molecular flexibility index (Phi) is 7.05. The first-order chi connectivity index (χ1) is 14.3. The number of nitrogens with zero attached hydrogens (tertiary/aromatic N) is 2. The van der Waals surface area contributed by atoms with Gasteiger partial charge in [-0.1, -0.05) is 19.9 Å². The molecule has 0 saturated carbocycles. The fourth-order valence-corrected chi connectivity index (χ4v) is 6.14. The summed E-state index contributed by atoms with van der Waals surface area (Å²) >= 11 is 0. The summed E-state index contributed by atoms with van der Waals surface area (Å²) in [4.78, 5) is 2.36. The Balaban J connectivity index is 1.79. The van der Waals surface area contributed by atoms with Crippen LogP contribution in [-0.4, -0.2) is 47.3 Å². The van der Waals surface area contributed by atoms with Crippen molar-refractivity contribution in [3.8, 4) is 0 Å². The van der Waals surface area contributed by atoms with Crippen LogP contribution in [-0.2, 0) is 20.0 Å². The van der Waals surface area contributed by atoms with E-state index < -0.39 is 20.0 Å². The van der Waals surface area contributed by atoms with Crippen molar-refractivity contribution in [1.82, 2.24) is 4.31 Å². The quantitative estimate of drug-likeness (QED) is 0.664. The fourth-order valence-electron chi connectivity index (χ4n) is 3.64. The largest absolute Gasteiger partial charge is 0.371 e.